The fraction of sp³-hybridized carbons (Fsp3) is 0.0588. The van der Waals surface area contributed by atoms with E-state index in [0.717, 1.165) is 4.57 Å². The van der Waals surface area contributed by atoms with Gasteiger partial charge in [0.25, 0.3) is 11.2 Å². The molecule has 0 fully saturated rings. The minimum absolute atomic E-state index is 0.0114. The summed E-state index contributed by atoms with van der Waals surface area (Å²) in [6.45, 7) is 0. The Hall–Kier alpha value is -3.88. The normalized spacial score (nSPS) is 11.1. The third-order valence-electron chi connectivity index (χ3n) is 4.07. The van der Waals surface area contributed by atoms with Crippen LogP contribution in [0.5, 0.6) is 0 Å². The fourth-order valence-corrected chi connectivity index (χ4v) is 2.80. The number of hydrogen-bond donors (Lipinski definition) is 0. The minimum atomic E-state index is -0.723. The first-order valence-corrected chi connectivity index (χ1v) is 7.61. The van der Waals surface area contributed by atoms with Crippen molar-refractivity contribution in [3.63, 3.8) is 0 Å². The monoisotopic (exact) mass is 349 g/mol. The molecule has 128 valence electrons. The van der Waals surface area contributed by atoms with Gasteiger partial charge in [-0.3, -0.25) is 24.0 Å². The molecule has 0 radical (unpaired) electrons. The molecular formula is C17H11N5O4. The summed E-state index contributed by atoms with van der Waals surface area (Å²) in [4.78, 5) is 43.5. The molecule has 4 rings (SSSR count). The zero-order valence-electron chi connectivity index (χ0n) is 13.5. The summed E-state index contributed by atoms with van der Waals surface area (Å²) >= 11 is 0. The van der Waals surface area contributed by atoms with Gasteiger partial charge >= 0.3 is 5.69 Å². The predicted molar refractivity (Wildman–Crippen MR) is 93.7 cm³/mol. The number of nitro benzene ring substituents is 1. The number of aromatic nitrogens is 4. The van der Waals surface area contributed by atoms with Crippen LogP contribution < -0.4 is 11.2 Å². The van der Waals surface area contributed by atoms with Gasteiger partial charge in [0, 0.05) is 19.2 Å². The van der Waals surface area contributed by atoms with Crippen LogP contribution in [0.1, 0.15) is 0 Å². The quantitative estimate of drug-likeness (QED) is 0.308. The lowest BCUT2D eigenvalue weighted by atomic mass is 10.2. The first-order valence-electron chi connectivity index (χ1n) is 7.61. The van der Waals surface area contributed by atoms with Crippen molar-refractivity contribution in [3.8, 4) is 17.2 Å². The standard InChI is InChI=1S/C17H11N5O4/c1-20-16(23)14-15(19-17(20)24)21(13-8-3-2-7-12(13)18-14)10-5-4-6-11(9-10)22(25)26/h2-9H,1H3. The van der Waals surface area contributed by atoms with Crippen LogP contribution in [0.15, 0.2) is 58.1 Å². The van der Waals surface area contributed by atoms with Gasteiger partial charge in [0.2, 0.25) is 0 Å². The Morgan fingerprint density at radius 1 is 1.04 bits per heavy atom. The van der Waals surface area contributed by atoms with E-state index in [1.807, 2.05) is 0 Å². The number of rotatable bonds is 2. The molecule has 0 N–H and O–H groups in total. The van der Waals surface area contributed by atoms with Crippen LogP contribution in [0.25, 0.3) is 28.2 Å². The summed E-state index contributed by atoms with van der Waals surface area (Å²) in [5, 5.41) is 11.1. The highest BCUT2D eigenvalue weighted by molar-refractivity contribution is 5.81. The molecule has 2 aromatic carbocycles. The van der Waals surface area contributed by atoms with Gasteiger partial charge in [-0.05, 0) is 18.2 Å². The van der Waals surface area contributed by atoms with Gasteiger partial charge in [-0.25, -0.2) is 9.78 Å². The largest absolute Gasteiger partial charge is 0.352 e. The molecule has 0 atom stereocenters. The Balaban J connectivity index is 2.22. The predicted octanol–water partition coefficient (Wildman–Crippen LogP) is 1.49. The van der Waals surface area contributed by atoms with E-state index in [1.54, 1.807) is 30.3 Å². The number of non-ortho nitro benzene ring substituents is 1. The van der Waals surface area contributed by atoms with Crippen molar-refractivity contribution >= 4 is 16.7 Å². The van der Waals surface area contributed by atoms with Crippen LogP contribution in [0.3, 0.4) is 0 Å². The Labute approximate surface area is 145 Å². The SMILES string of the molecule is Cn1c(=O)nc2n(-c3cccc([N+](=O)[O-])c3)c3ccccc3nc-2c1=O. The summed E-state index contributed by atoms with van der Waals surface area (Å²) < 4.78 is 2.41. The molecule has 9 nitrogen and oxygen atoms in total. The molecule has 0 aliphatic carbocycles. The average molecular weight is 349 g/mol. The third kappa shape index (κ3) is 2.25. The number of fused-ring (bicyclic) bond motifs is 2. The molecule has 2 aliphatic heterocycles. The first-order chi connectivity index (χ1) is 12.5. The zero-order valence-corrected chi connectivity index (χ0v) is 13.5. The van der Waals surface area contributed by atoms with Gasteiger partial charge in [0.05, 0.1) is 21.6 Å². The van der Waals surface area contributed by atoms with Crippen molar-refractivity contribution in [1.82, 2.24) is 19.1 Å². The maximum Gasteiger partial charge on any atom is 0.352 e. The summed E-state index contributed by atoms with van der Waals surface area (Å²) in [6, 6.07) is 12.9. The molecule has 9 heteroatoms. The van der Waals surface area contributed by atoms with E-state index in [-0.39, 0.29) is 17.2 Å². The molecule has 0 saturated heterocycles. The molecule has 2 heterocycles. The molecule has 0 amide bonds. The van der Waals surface area contributed by atoms with E-state index in [9.17, 15) is 19.7 Å². The minimum Gasteiger partial charge on any atom is -0.290 e. The van der Waals surface area contributed by atoms with Gasteiger partial charge in [0.15, 0.2) is 11.5 Å². The topological polar surface area (TPSA) is 113 Å². The smallest absolute Gasteiger partial charge is 0.290 e. The summed E-state index contributed by atoms with van der Waals surface area (Å²) in [5.41, 5.74) is 0.0730. The molecule has 0 saturated carbocycles. The van der Waals surface area contributed by atoms with E-state index in [1.165, 1.54) is 29.8 Å². The van der Waals surface area contributed by atoms with Gasteiger partial charge in [-0.2, -0.15) is 4.98 Å². The Kier molecular flexibility index (Phi) is 3.36. The lowest BCUT2D eigenvalue weighted by molar-refractivity contribution is -0.384. The van der Waals surface area contributed by atoms with E-state index in [2.05, 4.69) is 9.97 Å². The van der Waals surface area contributed by atoms with E-state index < -0.39 is 16.2 Å². The van der Waals surface area contributed by atoms with Crippen LogP contribution >= 0.6 is 0 Å². The summed E-state index contributed by atoms with van der Waals surface area (Å²) in [5.74, 6) is 0.0531. The molecule has 0 aromatic heterocycles. The fourth-order valence-electron chi connectivity index (χ4n) is 2.80. The van der Waals surface area contributed by atoms with Gasteiger partial charge in [-0.15, -0.1) is 0 Å². The average Bonchev–Trinajstić information content (AvgIpc) is 2.65. The van der Waals surface area contributed by atoms with Gasteiger partial charge in [0.1, 0.15) is 0 Å². The summed E-state index contributed by atoms with van der Waals surface area (Å²) in [7, 11) is 1.33. The Morgan fingerprint density at radius 2 is 1.81 bits per heavy atom. The van der Waals surface area contributed by atoms with Crippen molar-refractivity contribution < 1.29 is 4.92 Å². The molecule has 2 aromatic rings. The van der Waals surface area contributed by atoms with Crippen molar-refractivity contribution in [2.75, 3.05) is 0 Å². The van der Waals surface area contributed by atoms with Crippen LogP contribution in [0.2, 0.25) is 0 Å². The van der Waals surface area contributed by atoms with Crippen molar-refractivity contribution in [3.05, 3.63) is 79.5 Å². The lowest BCUT2D eigenvalue weighted by Crippen LogP contribution is -2.36. The maximum atomic E-state index is 12.5. The molecule has 2 aliphatic rings. The van der Waals surface area contributed by atoms with Gasteiger partial charge < -0.3 is 0 Å². The van der Waals surface area contributed by atoms with Crippen LogP contribution in [0.4, 0.5) is 5.69 Å². The third-order valence-corrected chi connectivity index (χ3v) is 4.07. The van der Waals surface area contributed by atoms with Crippen molar-refractivity contribution in [2.45, 2.75) is 0 Å². The van der Waals surface area contributed by atoms with E-state index in [0.29, 0.717) is 16.7 Å². The first kappa shape index (κ1) is 15.6. The second-order valence-electron chi connectivity index (χ2n) is 5.64. The molecular weight excluding hydrogens is 338 g/mol. The molecule has 0 unspecified atom stereocenters. The van der Waals surface area contributed by atoms with E-state index >= 15 is 0 Å². The highest BCUT2D eigenvalue weighted by atomic mass is 16.6. The highest BCUT2D eigenvalue weighted by Gasteiger charge is 2.21. The Morgan fingerprint density at radius 3 is 2.58 bits per heavy atom. The maximum absolute atomic E-state index is 12.5. The summed E-state index contributed by atoms with van der Waals surface area (Å²) in [6.07, 6.45) is 0. The van der Waals surface area contributed by atoms with Gasteiger partial charge in [-0.1, -0.05) is 18.2 Å². The number of nitrogens with zero attached hydrogens (tertiary/aromatic N) is 5. The van der Waals surface area contributed by atoms with E-state index in [4.69, 9.17) is 0 Å². The van der Waals surface area contributed by atoms with Crippen molar-refractivity contribution in [2.24, 2.45) is 7.05 Å². The number of nitro groups is 1. The number of hydrogen-bond acceptors (Lipinski definition) is 6. The highest BCUT2D eigenvalue weighted by Crippen LogP contribution is 2.26. The molecule has 0 bridgehead atoms. The molecule has 26 heavy (non-hydrogen) atoms. The van der Waals surface area contributed by atoms with Crippen LogP contribution in [0, 0.1) is 10.1 Å². The number of benzene rings is 2. The zero-order chi connectivity index (χ0) is 18.4. The second-order valence-corrected chi connectivity index (χ2v) is 5.64. The van der Waals surface area contributed by atoms with Crippen LogP contribution in [-0.4, -0.2) is 24.0 Å². The van der Waals surface area contributed by atoms with Crippen molar-refractivity contribution in [1.29, 1.82) is 0 Å². The lowest BCUT2D eigenvalue weighted by Gasteiger charge is -2.17. The Bertz CT molecular complexity index is 1270. The number of para-hydroxylation sites is 2. The van der Waals surface area contributed by atoms with Crippen LogP contribution in [-0.2, 0) is 7.05 Å². The molecule has 0 spiro atoms. The second kappa shape index (κ2) is 5.59.